The van der Waals surface area contributed by atoms with Crippen LogP contribution in [-0.2, 0) is 4.74 Å². The van der Waals surface area contributed by atoms with Crippen LogP contribution < -0.4 is 9.47 Å². The van der Waals surface area contributed by atoms with Crippen molar-refractivity contribution in [3.63, 3.8) is 0 Å². The lowest BCUT2D eigenvalue weighted by atomic mass is 10.2. The fourth-order valence-corrected chi connectivity index (χ4v) is 2.41. The van der Waals surface area contributed by atoms with E-state index in [0.717, 1.165) is 0 Å². The minimum absolute atomic E-state index is 0.0209. The zero-order valence-electron chi connectivity index (χ0n) is 15.5. The van der Waals surface area contributed by atoms with E-state index in [9.17, 15) is 4.79 Å². The van der Waals surface area contributed by atoms with Crippen molar-refractivity contribution in [2.75, 3.05) is 6.61 Å². The maximum atomic E-state index is 12.3. The Morgan fingerprint density at radius 1 is 0.931 bits per heavy atom. The van der Waals surface area contributed by atoms with Gasteiger partial charge in [0.05, 0.1) is 29.9 Å². The summed E-state index contributed by atoms with van der Waals surface area (Å²) < 4.78 is 16.5. The summed E-state index contributed by atoms with van der Waals surface area (Å²) in [6.45, 7) is 1.89. The normalized spacial score (nSPS) is 9.76. The molecule has 2 aromatic carbocycles. The van der Waals surface area contributed by atoms with Crippen LogP contribution in [0.4, 0.5) is 0 Å². The molecule has 1 heterocycles. The minimum Gasteiger partial charge on any atom is -0.462 e. The van der Waals surface area contributed by atoms with Crippen molar-refractivity contribution in [2.24, 2.45) is 0 Å². The number of rotatable bonds is 6. The maximum Gasteiger partial charge on any atom is 0.343 e. The third kappa shape index (κ3) is 4.88. The molecule has 0 N–H and O–H groups in total. The zero-order chi connectivity index (χ0) is 20.6. The molecule has 0 aliphatic carbocycles. The van der Waals surface area contributed by atoms with Crippen LogP contribution in [0.1, 0.15) is 28.4 Å². The highest BCUT2D eigenvalue weighted by atomic mass is 16.5. The number of nitrogens with zero attached hydrogens (tertiary/aromatic N) is 3. The molecule has 0 saturated heterocycles. The Bertz CT molecular complexity index is 1130. The van der Waals surface area contributed by atoms with Crippen LogP contribution in [0.15, 0.2) is 60.7 Å². The molecular formula is C22H15N3O4. The first-order valence-corrected chi connectivity index (χ1v) is 8.67. The fourth-order valence-electron chi connectivity index (χ4n) is 2.41. The van der Waals surface area contributed by atoms with Crippen molar-refractivity contribution >= 4 is 5.97 Å². The van der Waals surface area contributed by atoms with Gasteiger partial charge in [0.25, 0.3) is 0 Å². The van der Waals surface area contributed by atoms with E-state index in [4.69, 9.17) is 24.7 Å². The highest BCUT2D eigenvalue weighted by Gasteiger charge is 2.18. The van der Waals surface area contributed by atoms with E-state index in [-0.39, 0.29) is 23.9 Å². The highest BCUT2D eigenvalue weighted by Crippen LogP contribution is 2.29. The summed E-state index contributed by atoms with van der Waals surface area (Å²) in [5.41, 5.74) is 0.962. The van der Waals surface area contributed by atoms with Gasteiger partial charge in [-0.2, -0.15) is 15.5 Å². The third-order valence-corrected chi connectivity index (χ3v) is 3.69. The van der Waals surface area contributed by atoms with Gasteiger partial charge in [0.15, 0.2) is 0 Å². The van der Waals surface area contributed by atoms with Crippen LogP contribution in [0, 0.1) is 22.7 Å². The number of hydrogen-bond donors (Lipinski definition) is 0. The second-order valence-corrected chi connectivity index (χ2v) is 5.71. The SMILES string of the molecule is CCOC(=O)c1ccc(Oc2cccc(C#N)c2)nc1Oc1cccc(C#N)c1. The average Bonchev–Trinajstić information content (AvgIpc) is 2.74. The van der Waals surface area contributed by atoms with Gasteiger partial charge >= 0.3 is 5.97 Å². The van der Waals surface area contributed by atoms with E-state index in [2.05, 4.69) is 4.98 Å². The predicted octanol–water partition coefficient (Wildman–Crippen LogP) is 4.59. The maximum absolute atomic E-state index is 12.3. The number of benzene rings is 2. The summed E-state index contributed by atoms with van der Waals surface area (Å²) in [6, 6.07) is 20.1. The molecule has 7 heteroatoms. The average molecular weight is 385 g/mol. The zero-order valence-corrected chi connectivity index (χ0v) is 15.5. The Balaban J connectivity index is 1.95. The van der Waals surface area contributed by atoms with Crippen LogP contribution in [0.2, 0.25) is 0 Å². The van der Waals surface area contributed by atoms with E-state index in [0.29, 0.717) is 22.6 Å². The first kappa shape index (κ1) is 19.4. The van der Waals surface area contributed by atoms with E-state index in [1.54, 1.807) is 49.4 Å². The minimum atomic E-state index is -0.593. The summed E-state index contributed by atoms with van der Waals surface area (Å²) in [6.07, 6.45) is 0. The Morgan fingerprint density at radius 3 is 2.14 bits per heavy atom. The third-order valence-electron chi connectivity index (χ3n) is 3.69. The molecule has 1 aromatic heterocycles. The second-order valence-electron chi connectivity index (χ2n) is 5.71. The van der Waals surface area contributed by atoms with Gasteiger partial charge in [0.2, 0.25) is 11.8 Å². The first-order valence-electron chi connectivity index (χ1n) is 8.67. The molecular weight excluding hydrogens is 370 g/mol. The molecule has 0 spiro atoms. The molecule has 7 nitrogen and oxygen atoms in total. The molecule has 29 heavy (non-hydrogen) atoms. The smallest absolute Gasteiger partial charge is 0.343 e. The molecule has 3 rings (SSSR count). The first-order chi connectivity index (χ1) is 14.1. The Kier molecular flexibility index (Phi) is 6.04. The van der Waals surface area contributed by atoms with Crippen LogP contribution in [0.5, 0.6) is 23.3 Å². The van der Waals surface area contributed by atoms with Crippen LogP contribution >= 0.6 is 0 Å². The number of aromatic nitrogens is 1. The molecule has 0 aliphatic rings. The van der Waals surface area contributed by atoms with Gasteiger partial charge in [0, 0.05) is 6.07 Å². The van der Waals surface area contributed by atoms with Crippen molar-refractivity contribution in [2.45, 2.75) is 6.92 Å². The molecule has 0 aliphatic heterocycles. The number of nitriles is 2. The lowest BCUT2D eigenvalue weighted by Crippen LogP contribution is -2.08. The van der Waals surface area contributed by atoms with Gasteiger partial charge in [-0.25, -0.2) is 4.79 Å². The van der Waals surface area contributed by atoms with Gasteiger partial charge < -0.3 is 14.2 Å². The monoisotopic (exact) mass is 385 g/mol. The van der Waals surface area contributed by atoms with E-state index in [1.807, 2.05) is 12.1 Å². The predicted molar refractivity (Wildman–Crippen MR) is 103 cm³/mol. The number of esters is 1. The van der Waals surface area contributed by atoms with Crippen LogP contribution in [0.25, 0.3) is 0 Å². The largest absolute Gasteiger partial charge is 0.462 e. The summed E-state index contributed by atoms with van der Waals surface area (Å²) in [4.78, 5) is 16.5. The van der Waals surface area contributed by atoms with Gasteiger partial charge in [-0.15, -0.1) is 0 Å². The van der Waals surface area contributed by atoms with Crippen LogP contribution in [-0.4, -0.2) is 17.6 Å². The Labute approximate surface area is 167 Å². The molecule has 0 radical (unpaired) electrons. The topological polar surface area (TPSA) is 105 Å². The molecule has 0 fully saturated rings. The molecule has 0 atom stereocenters. The van der Waals surface area contributed by atoms with Crippen molar-refractivity contribution in [3.05, 3.63) is 77.4 Å². The van der Waals surface area contributed by atoms with E-state index >= 15 is 0 Å². The van der Waals surface area contributed by atoms with Crippen molar-refractivity contribution in [3.8, 4) is 35.4 Å². The fraction of sp³-hybridized carbons (Fsp3) is 0.0909. The quantitative estimate of drug-likeness (QED) is 0.572. The van der Waals surface area contributed by atoms with Gasteiger partial charge in [0.1, 0.15) is 17.1 Å². The van der Waals surface area contributed by atoms with Crippen LogP contribution in [0.3, 0.4) is 0 Å². The van der Waals surface area contributed by atoms with Crippen molar-refractivity contribution < 1.29 is 19.0 Å². The summed E-state index contributed by atoms with van der Waals surface area (Å²) >= 11 is 0. The molecule has 3 aromatic rings. The molecule has 0 bridgehead atoms. The number of carbonyl (C=O) groups is 1. The van der Waals surface area contributed by atoms with Gasteiger partial charge in [-0.3, -0.25) is 0 Å². The number of pyridine rings is 1. The van der Waals surface area contributed by atoms with Gasteiger partial charge in [-0.05, 0) is 49.4 Å². The molecule has 0 amide bonds. The summed E-state index contributed by atoms with van der Waals surface area (Å²) in [5.74, 6) is 0.306. The second kappa shape index (κ2) is 9.03. The number of ether oxygens (including phenoxy) is 3. The number of hydrogen-bond acceptors (Lipinski definition) is 7. The van der Waals surface area contributed by atoms with Crippen molar-refractivity contribution in [1.82, 2.24) is 4.98 Å². The summed E-state index contributed by atoms with van der Waals surface area (Å²) in [7, 11) is 0. The van der Waals surface area contributed by atoms with Crippen molar-refractivity contribution in [1.29, 1.82) is 10.5 Å². The van der Waals surface area contributed by atoms with E-state index < -0.39 is 5.97 Å². The van der Waals surface area contributed by atoms with Gasteiger partial charge in [-0.1, -0.05) is 12.1 Å². The molecule has 0 saturated carbocycles. The Hall–Kier alpha value is -4.36. The highest BCUT2D eigenvalue weighted by molar-refractivity contribution is 5.92. The lowest BCUT2D eigenvalue weighted by Gasteiger charge is -2.12. The lowest BCUT2D eigenvalue weighted by molar-refractivity contribution is 0.0522. The Morgan fingerprint density at radius 2 is 1.55 bits per heavy atom. The standard InChI is InChI=1S/C22H15N3O4/c1-2-27-22(26)19-9-10-20(28-17-7-3-5-15(11-17)13-23)25-21(19)29-18-8-4-6-16(12-18)14-24/h3-12H,2H2,1H3. The number of carbonyl (C=O) groups excluding carboxylic acids is 1. The molecule has 0 unspecified atom stereocenters. The van der Waals surface area contributed by atoms with E-state index in [1.165, 1.54) is 18.2 Å². The molecule has 142 valence electrons. The summed E-state index contributed by atoms with van der Waals surface area (Å²) in [5, 5.41) is 18.1.